The van der Waals surface area contributed by atoms with E-state index in [0.717, 1.165) is 23.2 Å². The van der Waals surface area contributed by atoms with E-state index in [1.54, 1.807) is 19.2 Å². The third-order valence-corrected chi connectivity index (χ3v) is 2.90. The minimum Gasteiger partial charge on any atom is -0.312 e. The van der Waals surface area contributed by atoms with Crippen LogP contribution >= 0.6 is 0 Å². The van der Waals surface area contributed by atoms with Crippen LogP contribution in [0.1, 0.15) is 22.3 Å². The summed E-state index contributed by atoms with van der Waals surface area (Å²) in [4.78, 5) is 24.4. The standard InChI is InChI=1S/C13H13NO2/c1-3-13(16)14(2)10-5-6-11-9(8-10)4-7-12(11)15/h3,5-6,8H,1,4,7H2,2H3. The summed E-state index contributed by atoms with van der Waals surface area (Å²) in [6.45, 7) is 3.45. The van der Waals surface area contributed by atoms with Gasteiger partial charge in [-0.15, -0.1) is 0 Å². The van der Waals surface area contributed by atoms with Crippen molar-refractivity contribution in [3.05, 3.63) is 42.0 Å². The Hall–Kier alpha value is -1.90. The van der Waals surface area contributed by atoms with Gasteiger partial charge in [0.1, 0.15) is 0 Å². The zero-order valence-electron chi connectivity index (χ0n) is 9.19. The third-order valence-electron chi connectivity index (χ3n) is 2.90. The maximum atomic E-state index is 11.4. The smallest absolute Gasteiger partial charge is 0.250 e. The molecule has 0 saturated carbocycles. The Bertz CT molecular complexity index is 477. The number of amides is 1. The molecular weight excluding hydrogens is 202 g/mol. The highest BCUT2D eigenvalue weighted by molar-refractivity contribution is 6.03. The first kappa shape index (κ1) is 10.6. The number of anilines is 1. The third kappa shape index (κ3) is 1.65. The molecule has 1 aliphatic carbocycles. The van der Waals surface area contributed by atoms with Crippen molar-refractivity contribution in [3.8, 4) is 0 Å². The topological polar surface area (TPSA) is 37.4 Å². The summed E-state index contributed by atoms with van der Waals surface area (Å²) >= 11 is 0. The van der Waals surface area contributed by atoms with Crippen molar-refractivity contribution in [3.63, 3.8) is 0 Å². The number of carbonyl (C=O) groups excluding carboxylic acids is 2. The Labute approximate surface area is 94.4 Å². The largest absolute Gasteiger partial charge is 0.312 e. The Kier molecular flexibility index (Phi) is 2.60. The molecule has 16 heavy (non-hydrogen) atoms. The summed E-state index contributed by atoms with van der Waals surface area (Å²) in [5, 5.41) is 0. The second-order valence-corrected chi connectivity index (χ2v) is 3.87. The van der Waals surface area contributed by atoms with Crippen molar-refractivity contribution >= 4 is 17.4 Å². The number of Topliss-reactive ketones (excluding diaryl/α,β-unsaturated/α-hetero) is 1. The van der Waals surface area contributed by atoms with Gasteiger partial charge < -0.3 is 4.90 Å². The number of hydrogen-bond donors (Lipinski definition) is 0. The number of hydrogen-bond acceptors (Lipinski definition) is 2. The lowest BCUT2D eigenvalue weighted by molar-refractivity contribution is -0.113. The van der Waals surface area contributed by atoms with E-state index in [1.807, 2.05) is 6.07 Å². The molecule has 0 heterocycles. The van der Waals surface area contributed by atoms with E-state index >= 15 is 0 Å². The molecule has 2 rings (SSSR count). The number of likely N-dealkylation sites (N-methyl/N-ethyl adjacent to an activating group) is 1. The highest BCUT2D eigenvalue weighted by Crippen LogP contribution is 2.26. The zero-order chi connectivity index (χ0) is 11.7. The van der Waals surface area contributed by atoms with Gasteiger partial charge in [-0.3, -0.25) is 9.59 Å². The minimum atomic E-state index is -0.149. The van der Waals surface area contributed by atoms with E-state index in [9.17, 15) is 9.59 Å². The number of aryl methyl sites for hydroxylation is 1. The van der Waals surface area contributed by atoms with E-state index in [2.05, 4.69) is 6.58 Å². The van der Waals surface area contributed by atoms with Crippen LogP contribution in [0.4, 0.5) is 5.69 Å². The number of ketones is 1. The number of nitrogens with zero attached hydrogens (tertiary/aromatic N) is 1. The molecule has 0 saturated heterocycles. The summed E-state index contributed by atoms with van der Waals surface area (Å²) in [6, 6.07) is 5.50. The van der Waals surface area contributed by atoms with Crippen molar-refractivity contribution in [2.24, 2.45) is 0 Å². The summed E-state index contributed by atoms with van der Waals surface area (Å²) in [6.07, 6.45) is 2.63. The molecule has 1 aliphatic rings. The molecule has 1 aromatic rings. The lowest BCUT2D eigenvalue weighted by atomic mass is 10.1. The molecule has 3 nitrogen and oxygen atoms in total. The van der Waals surface area contributed by atoms with Crippen LogP contribution in [0.15, 0.2) is 30.9 Å². The molecule has 0 aromatic heterocycles. The van der Waals surface area contributed by atoms with Crippen LogP contribution in [0.2, 0.25) is 0 Å². The second kappa shape index (κ2) is 3.93. The normalized spacial score (nSPS) is 13.4. The van der Waals surface area contributed by atoms with Crippen LogP contribution < -0.4 is 4.90 Å². The molecule has 1 aromatic carbocycles. The Morgan fingerprint density at radius 3 is 2.88 bits per heavy atom. The predicted molar refractivity (Wildman–Crippen MR) is 62.7 cm³/mol. The zero-order valence-corrected chi connectivity index (χ0v) is 9.19. The average Bonchev–Trinajstić information content (AvgIpc) is 2.68. The van der Waals surface area contributed by atoms with Crippen molar-refractivity contribution in [2.75, 3.05) is 11.9 Å². The molecule has 82 valence electrons. The fraction of sp³-hybridized carbons (Fsp3) is 0.231. The molecule has 0 aliphatic heterocycles. The molecule has 0 fully saturated rings. The van der Waals surface area contributed by atoms with Crippen molar-refractivity contribution < 1.29 is 9.59 Å². The molecule has 0 radical (unpaired) electrons. The first-order chi connectivity index (χ1) is 7.63. The minimum absolute atomic E-state index is 0.149. The van der Waals surface area contributed by atoms with Gasteiger partial charge in [-0.25, -0.2) is 0 Å². The van der Waals surface area contributed by atoms with Crippen LogP contribution in [0.3, 0.4) is 0 Å². The van der Waals surface area contributed by atoms with Crippen molar-refractivity contribution in [1.82, 2.24) is 0 Å². The van der Waals surface area contributed by atoms with Gasteiger partial charge in [0.25, 0.3) is 0 Å². The second-order valence-electron chi connectivity index (χ2n) is 3.87. The number of rotatable bonds is 2. The van der Waals surface area contributed by atoms with Gasteiger partial charge in [-0.05, 0) is 36.3 Å². The highest BCUT2D eigenvalue weighted by Gasteiger charge is 2.20. The fourth-order valence-corrected chi connectivity index (χ4v) is 1.91. The summed E-state index contributed by atoms with van der Waals surface area (Å²) in [5.74, 6) is 0.0449. The monoisotopic (exact) mass is 215 g/mol. The number of benzene rings is 1. The van der Waals surface area contributed by atoms with Gasteiger partial charge in [-0.2, -0.15) is 0 Å². The highest BCUT2D eigenvalue weighted by atomic mass is 16.2. The number of fused-ring (bicyclic) bond motifs is 1. The van der Waals surface area contributed by atoms with E-state index in [0.29, 0.717) is 6.42 Å². The van der Waals surface area contributed by atoms with E-state index in [-0.39, 0.29) is 11.7 Å². The summed E-state index contributed by atoms with van der Waals surface area (Å²) < 4.78 is 0. The van der Waals surface area contributed by atoms with Crippen LogP contribution in [0, 0.1) is 0 Å². The van der Waals surface area contributed by atoms with Gasteiger partial charge in [0, 0.05) is 24.7 Å². The fourth-order valence-electron chi connectivity index (χ4n) is 1.91. The molecule has 1 amide bonds. The van der Waals surface area contributed by atoms with Crippen molar-refractivity contribution in [2.45, 2.75) is 12.8 Å². The summed E-state index contributed by atoms with van der Waals surface area (Å²) in [7, 11) is 1.70. The van der Waals surface area contributed by atoms with Crippen LogP contribution in [-0.2, 0) is 11.2 Å². The number of carbonyl (C=O) groups is 2. The van der Waals surface area contributed by atoms with Gasteiger partial charge in [-0.1, -0.05) is 6.58 Å². The molecule has 0 bridgehead atoms. The van der Waals surface area contributed by atoms with E-state index < -0.39 is 0 Å². The van der Waals surface area contributed by atoms with E-state index in [4.69, 9.17) is 0 Å². The SMILES string of the molecule is C=CC(=O)N(C)c1ccc2c(c1)CCC2=O. The Morgan fingerprint density at radius 2 is 2.19 bits per heavy atom. The summed E-state index contributed by atoms with van der Waals surface area (Å²) in [5.41, 5.74) is 2.63. The van der Waals surface area contributed by atoms with Gasteiger partial charge in [0.05, 0.1) is 0 Å². The van der Waals surface area contributed by atoms with E-state index in [1.165, 1.54) is 11.0 Å². The van der Waals surface area contributed by atoms with Gasteiger partial charge >= 0.3 is 0 Å². The lowest BCUT2D eigenvalue weighted by Gasteiger charge is -2.16. The van der Waals surface area contributed by atoms with Crippen LogP contribution in [-0.4, -0.2) is 18.7 Å². The molecule has 0 spiro atoms. The molecular formula is C13H13NO2. The molecule has 0 N–H and O–H groups in total. The predicted octanol–water partition coefficient (Wildman–Crippen LogP) is 1.96. The molecule has 0 unspecified atom stereocenters. The Morgan fingerprint density at radius 1 is 1.44 bits per heavy atom. The van der Waals surface area contributed by atoms with Crippen molar-refractivity contribution in [1.29, 1.82) is 0 Å². The van der Waals surface area contributed by atoms with Gasteiger partial charge in [0.2, 0.25) is 5.91 Å². The van der Waals surface area contributed by atoms with Crippen LogP contribution in [0.5, 0.6) is 0 Å². The van der Waals surface area contributed by atoms with Gasteiger partial charge in [0.15, 0.2) is 5.78 Å². The first-order valence-corrected chi connectivity index (χ1v) is 5.19. The quantitative estimate of drug-likeness (QED) is 0.707. The molecule has 0 atom stereocenters. The maximum Gasteiger partial charge on any atom is 0.250 e. The maximum absolute atomic E-state index is 11.4. The van der Waals surface area contributed by atoms with Crippen LogP contribution in [0.25, 0.3) is 0 Å². The molecule has 3 heteroatoms. The Balaban J connectivity index is 2.35. The average molecular weight is 215 g/mol. The first-order valence-electron chi connectivity index (χ1n) is 5.19. The lowest BCUT2D eigenvalue weighted by Crippen LogP contribution is -2.23.